The molecule has 0 spiro atoms. The van der Waals surface area contributed by atoms with Crippen molar-refractivity contribution in [3.63, 3.8) is 0 Å². The molecule has 6 nitrogen and oxygen atoms in total. The first-order valence-corrected chi connectivity index (χ1v) is 9.96. The third-order valence-electron chi connectivity index (χ3n) is 3.78. The molecule has 0 aromatic heterocycles. The minimum Gasteiger partial charge on any atom is -0.455 e. The van der Waals surface area contributed by atoms with Crippen molar-refractivity contribution in [1.82, 2.24) is 0 Å². The highest BCUT2D eigenvalue weighted by Gasteiger charge is 2.10. The maximum atomic E-state index is 12.0. The van der Waals surface area contributed by atoms with Gasteiger partial charge in [0, 0.05) is 11.4 Å². The number of aryl methyl sites for hydroxylation is 3. The van der Waals surface area contributed by atoms with Gasteiger partial charge < -0.3 is 15.4 Å². The van der Waals surface area contributed by atoms with E-state index in [4.69, 9.17) is 4.74 Å². The van der Waals surface area contributed by atoms with Crippen LogP contribution in [-0.4, -0.2) is 35.9 Å². The monoisotopic (exact) mass is 400 g/mol. The van der Waals surface area contributed by atoms with Gasteiger partial charge in [0.25, 0.3) is 5.91 Å². The second-order valence-electron chi connectivity index (χ2n) is 6.44. The molecule has 0 radical (unpaired) electrons. The maximum Gasteiger partial charge on any atom is 0.316 e. The number of thioether (sulfide) groups is 1. The fourth-order valence-corrected chi connectivity index (χ4v) is 3.08. The van der Waals surface area contributed by atoms with Gasteiger partial charge in [-0.25, -0.2) is 0 Å². The van der Waals surface area contributed by atoms with Crippen molar-refractivity contribution in [2.24, 2.45) is 0 Å². The first-order chi connectivity index (χ1) is 13.3. The van der Waals surface area contributed by atoms with Crippen LogP contribution in [0.4, 0.5) is 11.4 Å². The van der Waals surface area contributed by atoms with Gasteiger partial charge >= 0.3 is 5.97 Å². The van der Waals surface area contributed by atoms with Gasteiger partial charge in [0.15, 0.2) is 6.61 Å². The van der Waals surface area contributed by atoms with Crippen LogP contribution < -0.4 is 10.6 Å². The van der Waals surface area contributed by atoms with Gasteiger partial charge in [-0.2, -0.15) is 0 Å². The van der Waals surface area contributed by atoms with Crippen molar-refractivity contribution in [3.8, 4) is 0 Å². The van der Waals surface area contributed by atoms with E-state index in [1.165, 1.54) is 0 Å². The van der Waals surface area contributed by atoms with Crippen LogP contribution in [0.5, 0.6) is 0 Å². The van der Waals surface area contributed by atoms with E-state index in [2.05, 4.69) is 10.6 Å². The van der Waals surface area contributed by atoms with E-state index in [1.54, 1.807) is 6.07 Å². The molecule has 148 valence electrons. The molecule has 2 amide bonds. The standard InChI is InChI=1S/C21H24N2O4S/c1-14-5-4-6-17(10-14)22-19(24)11-27-21(26)13-28-12-20(25)23-18-8-7-15(2)9-16(18)3/h4-10H,11-13H2,1-3H3,(H,22,24)(H,23,25). The first kappa shape index (κ1) is 21.5. The zero-order valence-electron chi connectivity index (χ0n) is 16.2. The summed E-state index contributed by atoms with van der Waals surface area (Å²) in [4.78, 5) is 35.5. The summed E-state index contributed by atoms with van der Waals surface area (Å²) in [5.41, 5.74) is 4.53. The van der Waals surface area contributed by atoms with Crippen LogP contribution >= 0.6 is 11.8 Å². The summed E-state index contributed by atoms with van der Waals surface area (Å²) in [6.07, 6.45) is 0. The fourth-order valence-electron chi connectivity index (χ4n) is 2.47. The molecule has 2 aromatic carbocycles. The summed E-state index contributed by atoms with van der Waals surface area (Å²) in [6, 6.07) is 13.1. The summed E-state index contributed by atoms with van der Waals surface area (Å²) in [5, 5.41) is 5.48. The molecular formula is C21H24N2O4S. The average Bonchev–Trinajstić information content (AvgIpc) is 2.62. The Kier molecular flexibility index (Phi) is 8.07. The van der Waals surface area contributed by atoms with Crippen LogP contribution in [0, 0.1) is 20.8 Å². The lowest BCUT2D eigenvalue weighted by molar-refractivity contribution is -0.144. The van der Waals surface area contributed by atoms with Gasteiger partial charge in [-0.3, -0.25) is 14.4 Å². The number of benzene rings is 2. The number of carbonyl (C=O) groups is 3. The molecule has 2 rings (SSSR count). The van der Waals surface area contributed by atoms with Crippen molar-refractivity contribution in [2.75, 3.05) is 28.7 Å². The van der Waals surface area contributed by atoms with Crippen molar-refractivity contribution in [1.29, 1.82) is 0 Å². The SMILES string of the molecule is Cc1cccc(NC(=O)COC(=O)CSCC(=O)Nc2ccc(C)cc2C)c1. The molecule has 2 N–H and O–H groups in total. The zero-order chi connectivity index (χ0) is 20.5. The molecule has 7 heteroatoms. The third kappa shape index (κ3) is 7.44. The summed E-state index contributed by atoms with van der Waals surface area (Å²) >= 11 is 1.14. The quantitative estimate of drug-likeness (QED) is 0.663. The number of esters is 1. The van der Waals surface area contributed by atoms with Crippen molar-refractivity contribution in [3.05, 3.63) is 59.2 Å². The Morgan fingerprint density at radius 1 is 0.893 bits per heavy atom. The van der Waals surface area contributed by atoms with Crippen LogP contribution in [-0.2, 0) is 19.1 Å². The second kappa shape index (κ2) is 10.5. The van der Waals surface area contributed by atoms with Gasteiger partial charge in [0.1, 0.15) is 0 Å². The topological polar surface area (TPSA) is 84.5 Å². The molecular weight excluding hydrogens is 376 g/mol. The molecule has 0 aliphatic carbocycles. The highest BCUT2D eigenvalue weighted by Crippen LogP contribution is 2.16. The molecule has 28 heavy (non-hydrogen) atoms. The molecule has 0 saturated carbocycles. The van der Waals surface area contributed by atoms with E-state index < -0.39 is 11.9 Å². The number of amides is 2. The van der Waals surface area contributed by atoms with Gasteiger partial charge in [0.2, 0.25) is 5.91 Å². The predicted octanol–water partition coefficient (Wildman–Crippen LogP) is 3.47. The molecule has 0 aliphatic rings. The molecule has 0 bridgehead atoms. The Labute approximate surface area is 169 Å². The highest BCUT2D eigenvalue weighted by molar-refractivity contribution is 8.00. The van der Waals surface area contributed by atoms with Crippen LogP contribution in [0.3, 0.4) is 0 Å². The van der Waals surface area contributed by atoms with E-state index in [-0.39, 0.29) is 24.0 Å². The number of nitrogens with one attached hydrogen (secondary N) is 2. The van der Waals surface area contributed by atoms with Crippen LogP contribution in [0.1, 0.15) is 16.7 Å². The van der Waals surface area contributed by atoms with Crippen LogP contribution in [0.15, 0.2) is 42.5 Å². The third-order valence-corrected chi connectivity index (χ3v) is 4.68. The molecule has 2 aromatic rings. The Morgan fingerprint density at radius 3 is 2.36 bits per heavy atom. The number of hydrogen-bond acceptors (Lipinski definition) is 5. The summed E-state index contributed by atoms with van der Waals surface area (Å²) in [7, 11) is 0. The van der Waals surface area contributed by atoms with Gasteiger partial charge in [-0.1, -0.05) is 29.8 Å². The number of ether oxygens (including phenoxy) is 1. The summed E-state index contributed by atoms with van der Waals surface area (Å²) in [5.74, 6) is -1.02. The van der Waals surface area contributed by atoms with E-state index >= 15 is 0 Å². The lowest BCUT2D eigenvalue weighted by Gasteiger charge is -2.09. The minimum atomic E-state index is -0.538. The maximum absolute atomic E-state index is 12.0. The fraction of sp³-hybridized carbons (Fsp3) is 0.286. The Bertz CT molecular complexity index is 867. The minimum absolute atomic E-state index is 0.00196. The highest BCUT2D eigenvalue weighted by atomic mass is 32.2. The smallest absolute Gasteiger partial charge is 0.316 e. The van der Waals surface area contributed by atoms with E-state index in [1.807, 2.05) is 57.2 Å². The number of hydrogen-bond donors (Lipinski definition) is 2. The van der Waals surface area contributed by atoms with Crippen molar-refractivity contribution < 1.29 is 19.1 Å². The number of rotatable bonds is 8. The molecule has 0 saturated heterocycles. The van der Waals surface area contributed by atoms with Crippen LogP contribution in [0.2, 0.25) is 0 Å². The molecule has 0 heterocycles. The lowest BCUT2D eigenvalue weighted by Crippen LogP contribution is -2.22. The van der Waals surface area contributed by atoms with E-state index in [0.717, 1.165) is 34.1 Å². The number of anilines is 2. The zero-order valence-corrected chi connectivity index (χ0v) is 17.0. The predicted molar refractivity (Wildman–Crippen MR) is 113 cm³/mol. The van der Waals surface area contributed by atoms with E-state index in [0.29, 0.717) is 5.69 Å². The van der Waals surface area contributed by atoms with Gasteiger partial charge in [-0.15, -0.1) is 11.8 Å². The van der Waals surface area contributed by atoms with E-state index in [9.17, 15) is 14.4 Å². The largest absolute Gasteiger partial charge is 0.455 e. The van der Waals surface area contributed by atoms with Crippen LogP contribution in [0.25, 0.3) is 0 Å². The Hall–Kier alpha value is -2.80. The van der Waals surface area contributed by atoms with Crippen molar-refractivity contribution in [2.45, 2.75) is 20.8 Å². The number of carbonyl (C=O) groups excluding carboxylic acids is 3. The lowest BCUT2D eigenvalue weighted by atomic mass is 10.1. The summed E-state index contributed by atoms with van der Waals surface area (Å²) in [6.45, 7) is 5.47. The Balaban J connectivity index is 1.65. The second-order valence-corrected chi connectivity index (χ2v) is 7.42. The normalized spacial score (nSPS) is 10.2. The van der Waals surface area contributed by atoms with Gasteiger partial charge in [-0.05, 0) is 50.1 Å². The molecule has 0 fully saturated rings. The van der Waals surface area contributed by atoms with Crippen molar-refractivity contribution >= 4 is 40.9 Å². The first-order valence-electron chi connectivity index (χ1n) is 8.80. The molecule has 0 aliphatic heterocycles. The molecule has 0 unspecified atom stereocenters. The average molecular weight is 401 g/mol. The van der Waals surface area contributed by atoms with Gasteiger partial charge in [0.05, 0.1) is 11.5 Å². The summed E-state index contributed by atoms with van der Waals surface area (Å²) < 4.78 is 4.94. The Morgan fingerprint density at radius 2 is 1.64 bits per heavy atom. The molecule has 0 atom stereocenters.